The second kappa shape index (κ2) is 8.89. The van der Waals surface area contributed by atoms with Gasteiger partial charge in [-0.25, -0.2) is 4.98 Å². The molecule has 3 rings (SSSR count). The van der Waals surface area contributed by atoms with E-state index in [-0.39, 0.29) is 5.91 Å². The number of ether oxygens (including phenoxy) is 2. The molecule has 27 heavy (non-hydrogen) atoms. The number of benzene rings is 2. The lowest BCUT2D eigenvalue weighted by Crippen LogP contribution is -2.37. The molecule has 1 N–H and O–H groups in total. The van der Waals surface area contributed by atoms with Gasteiger partial charge in [0, 0.05) is 18.9 Å². The van der Waals surface area contributed by atoms with Crippen LogP contribution >= 0.6 is 0 Å². The third-order valence-corrected chi connectivity index (χ3v) is 4.23. The summed E-state index contributed by atoms with van der Waals surface area (Å²) in [6.45, 7) is 2.34. The minimum Gasteiger partial charge on any atom is -0.497 e. The summed E-state index contributed by atoms with van der Waals surface area (Å²) in [5.74, 6) is 1.24. The van der Waals surface area contributed by atoms with Crippen LogP contribution in [0.4, 0.5) is 0 Å². The first-order valence-corrected chi connectivity index (χ1v) is 8.86. The molecule has 0 radical (unpaired) electrons. The molecule has 0 bridgehead atoms. The van der Waals surface area contributed by atoms with Crippen molar-refractivity contribution in [3.63, 3.8) is 0 Å². The zero-order chi connectivity index (χ0) is 19.1. The Morgan fingerprint density at radius 2 is 1.89 bits per heavy atom. The van der Waals surface area contributed by atoms with Crippen molar-refractivity contribution in [2.24, 2.45) is 0 Å². The van der Waals surface area contributed by atoms with E-state index in [1.165, 1.54) is 0 Å². The summed E-state index contributed by atoms with van der Waals surface area (Å²) in [6.07, 6.45) is 5.36. The third kappa shape index (κ3) is 4.67. The molecule has 0 spiro atoms. The van der Waals surface area contributed by atoms with E-state index in [4.69, 9.17) is 9.47 Å². The quantitative estimate of drug-likeness (QED) is 0.665. The van der Waals surface area contributed by atoms with Gasteiger partial charge < -0.3 is 19.4 Å². The first-order chi connectivity index (χ1) is 13.2. The molecule has 1 aromatic heterocycles. The minimum atomic E-state index is -0.557. The number of methoxy groups -OCH3 is 1. The summed E-state index contributed by atoms with van der Waals surface area (Å²) >= 11 is 0. The fourth-order valence-corrected chi connectivity index (χ4v) is 2.75. The van der Waals surface area contributed by atoms with Gasteiger partial charge in [-0.1, -0.05) is 25.1 Å². The number of amides is 1. The molecule has 1 heterocycles. The van der Waals surface area contributed by atoms with E-state index in [9.17, 15) is 4.79 Å². The van der Waals surface area contributed by atoms with Crippen LogP contribution in [0.1, 0.15) is 18.9 Å². The van der Waals surface area contributed by atoms with Gasteiger partial charge in [0.05, 0.1) is 19.1 Å². The van der Waals surface area contributed by atoms with Crippen LogP contribution in [-0.4, -0.2) is 28.7 Å². The average Bonchev–Trinajstić information content (AvgIpc) is 3.25. The number of hydrogen-bond donors (Lipinski definition) is 1. The van der Waals surface area contributed by atoms with Gasteiger partial charge in [0.15, 0.2) is 6.10 Å². The van der Waals surface area contributed by atoms with Crippen LogP contribution in [0.2, 0.25) is 0 Å². The Kier molecular flexibility index (Phi) is 6.10. The Labute approximate surface area is 158 Å². The number of para-hydroxylation sites is 1. The van der Waals surface area contributed by atoms with Crippen LogP contribution < -0.4 is 14.8 Å². The van der Waals surface area contributed by atoms with Gasteiger partial charge in [0.2, 0.25) is 0 Å². The van der Waals surface area contributed by atoms with E-state index in [1.54, 1.807) is 43.9 Å². The van der Waals surface area contributed by atoms with Gasteiger partial charge in [-0.15, -0.1) is 0 Å². The second-order valence-corrected chi connectivity index (χ2v) is 6.01. The molecule has 1 unspecified atom stereocenters. The van der Waals surface area contributed by atoms with E-state index in [1.807, 2.05) is 42.0 Å². The van der Waals surface area contributed by atoms with Crippen molar-refractivity contribution in [2.45, 2.75) is 26.0 Å². The smallest absolute Gasteiger partial charge is 0.261 e. The highest BCUT2D eigenvalue weighted by molar-refractivity contribution is 5.81. The van der Waals surface area contributed by atoms with E-state index in [0.29, 0.717) is 18.7 Å². The highest BCUT2D eigenvalue weighted by Gasteiger charge is 2.18. The van der Waals surface area contributed by atoms with Crippen LogP contribution in [0, 0.1) is 0 Å². The molecule has 0 aliphatic heterocycles. The second-order valence-electron chi connectivity index (χ2n) is 6.01. The predicted octanol–water partition coefficient (Wildman–Crippen LogP) is 3.35. The van der Waals surface area contributed by atoms with Gasteiger partial charge in [-0.05, 0) is 42.3 Å². The number of imidazole rings is 1. The third-order valence-electron chi connectivity index (χ3n) is 4.23. The summed E-state index contributed by atoms with van der Waals surface area (Å²) < 4.78 is 12.9. The Hall–Kier alpha value is -3.28. The maximum absolute atomic E-state index is 12.6. The molecule has 140 valence electrons. The highest BCUT2D eigenvalue weighted by Crippen LogP contribution is 2.19. The molecule has 0 aliphatic carbocycles. The standard InChI is InChI=1S/C21H23N3O3/c1-3-20(27-18-10-8-17(26-2)9-11-18)21(25)23-14-16-6-4-5-7-19(16)24-13-12-22-15-24/h4-13,15,20H,3,14H2,1-2H3,(H,23,25). The largest absolute Gasteiger partial charge is 0.497 e. The van der Waals surface area contributed by atoms with Crippen molar-refractivity contribution < 1.29 is 14.3 Å². The summed E-state index contributed by atoms with van der Waals surface area (Å²) in [5, 5.41) is 2.97. The molecule has 2 aromatic carbocycles. The van der Waals surface area contributed by atoms with Gasteiger partial charge in [0.25, 0.3) is 5.91 Å². The van der Waals surface area contributed by atoms with Gasteiger partial charge in [-0.2, -0.15) is 0 Å². The van der Waals surface area contributed by atoms with Crippen LogP contribution in [0.15, 0.2) is 67.3 Å². The number of aromatic nitrogens is 2. The number of carbonyl (C=O) groups excluding carboxylic acids is 1. The number of carbonyl (C=O) groups is 1. The molecule has 0 fully saturated rings. The average molecular weight is 365 g/mol. The Morgan fingerprint density at radius 3 is 2.56 bits per heavy atom. The molecule has 1 atom stereocenters. The van der Waals surface area contributed by atoms with E-state index < -0.39 is 6.10 Å². The molecular formula is C21H23N3O3. The lowest BCUT2D eigenvalue weighted by Gasteiger charge is -2.18. The zero-order valence-corrected chi connectivity index (χ0v) is 15.5. The monoisotopic (exact) mass is 365 g/mol. The topological polar surface area (TPSA) is 65.4 Å². The Morgan fingerprint density at radius 1 is 1.15 bits per heavy atom. The Balaban J connectivity index is 1.64. The van der Waals surface area contributed by atoms with Crippen molar-refractivity contribution in [3.8, 4) is 17.2 Å². The SMILES string of the molecule is CCC(Oc1ccc(OC)cc1)C(=O)NCc1ccccc1-n1ccnc1. The fraction of sp³-hybridized carbons (Fsp3) is 0.238. The molecule has 6 nitrogen and oxygen atoms in total. The zero-order valence-electron chi connectivity index (χ0n) is 15.5. The Bertz CT molecular complexity index is 861. The van der Waals surface area contributed by atoms with E-state index in [2.05, 4.69) is 10.3 Å². The lowest BCUT2D eigenvalue weighted by atomic mass is 10.1. The molecule has 3 aromatic rings. The molecule has 0 aliphatic rings. The first-order valence-electron chi connectivity index (χ1n) is 8.86. The van der Waals surface area contributed by atoms with Crippen LogP contribution in [0.25, 0.3) is 5.69 Å². The number of nitrogens with zero attached hydrogens (tertiary/aromatic N) is 2. The van der Waals surface area contributed by atoms with Crippen molar-refractivity contribution in [3.05, 3.63) is 72.8 Å². The minimum absolute atomic E-state index is 0.145. The molecule has 1 amide bonds. The molecule has 6 heteroatoms. The number of hydrogen-bond acceptors (Lipinski definition) is 4. The normalized spacial score (nSPS) is 11.6. The van der Waals surface area contributed by atoms with E-state index >= 15 is 0 Å². The summed E-state index contributed by atoms with van der Waals surface area (Å²) in [5.41, 5.74) is 1.99. The molecular weight excluding hydrogens is 342 g/mol. The van der Waals surface area contributed by atoms with Crippen LogP contribution in [-0.2, 0) is 11.3 Å². The highest BCUT2D eigenvalue weighted by atomic mass is 16.5. The van der Waals surface area contributed by atoms with Gasteiger partial charge >= 0.3 is 0 Å². The first kappa shape index (κ1) is 18.5. The molecule has 0 saturated carbocycles. The van der Waals surface area contributed by atoms with Crippen LogP contribution in [0.3, 0.4) is 0 Å². The van der Waals surface area contributed by atoms with Crippen molar-refractivity contribution in [2.75, 3.05) is 7.11 Å². The van der Waals surface area contributed by atoms with Gasteiger partial charge in [0.1, 0.15) is 11.5 Å². The van der Waals surface area contributed by atoms with Crippen molar-refractivity contribution in [1.82, 2.24) is 14.9 Å². The lowest BCUT2D eigenvalue weighted by molar-refractivity contribution is -0.128. The maximum Gasteiger partial charge on any atom is 0.261 e. The van der Waals surface area contributed by atoms with E-state index in [0.717, 1.165) is 17.0 Å². The van der Waals surface area contributed by atoms with Crippen molar-refractivity contribution in [1.29, 1.82) is 0 Å². The number of rotatable bonds is 8. The van der Waals surface area contributed by atoms with Gasteiger partial charge in [-0.3, -0.25) is 4.79 Å². The summed E-state index contributed by atoms with van der Waals surface area (Å²) in [6, 6.07) is 15.1. The maximum atomic E-state index is 12.6. The molecule has 0 saturated heterocycles. The predicted molar refractivity (Wildman–Crippen MR) is 103 cm³/mol. The van der Waals surface area contributed by atoms with Crippen molar-refractivity contribution >= 4 is 5.91 Å². The fourth-order valence-electron chi connectivity index (χ4n) is 2.75. The summed E-state index contributed by atoms with van der Waals surface area (Å²) in [7, 11) is 1.61. The van der Waals surface area contributed by atoms with Crippen LogP contribution in [0.5, 0.6) is 11.5 Å². The number of nitrogens with one attached hydrogen (secondary N) is 1. The summed E-state index contributed by atoms with van der Waals surface area (Å²) in [4.78, 5) is 16.7.